The van der Waals surface area contributed by atoms with Gasteiger partial charge in [-0.25, -0.2) is 0 Å². The number of carbonyl (C=O) groups excluding carboxylic acids is 2. The molecule has 1 heterocycles. The van der Waals surface area contributed by atoms with Crippen molar-refractivity contribution in [3.63, 3.8) is 0 Å². The first-order valence-corrected chi connectivity index (χ1v) is 14.1. The zero-order chi connectivity index (χ0) is 24.4. The minimum Gasteiger partial charge on any atom is -0.369 e. The van der Waals surface area contributed by atoms with Gasteiger partial charge in [0.2, 0.25) is 11.8 Å². The number of hydrogen-bond donors (Lipinski definition) is 4. The number of rotatable bonds is 5. The molecule has 4 aliphatic carbocycles. The van der Waals surface area contributed by atoms with E-state index in [0.29, 0.717) is 31.1 Å². The molecule has 1 aromatic rings. The molecule has 12 heteroatoms. The van der Waals surface area contributed by atoms with Crippen LogP contribution in [0.3, 0.4) is 0 Å². The Bertz CT molecular complexity index is 1010. The van der Waals surface area contributed by atoms with Crippen LogP contribution >= 0.6 is 45.8 Å². The second-order valence-corrected chi connectivity index (χ2v) is 13.4. The molecular formula is C22H29Cl3N4O4S. The molecule has 4 saturated carbocycles. The van der Waals surface area contributed by atoms with Crippen molar-refractivity contribution in [2.24, 2.45) is 28.9 Å². The molecule has 4 bridgehead atoms. The van der Waals surface area contributed by atoms with Gasteiger partial charge in [-0.2, -0.15) is 4.31 Å². The Morgan fingerprint density at radius 3 is 2.35 bits per heavy atom. The van der Waals surface area contributed by atoms with E-state index in [1.807, 2.05) is 0 Å². The molecule has 2 amide bonds. The number of amides is 2. The van der Waals surface area contributed by atoms with Gasteiger partial charge in [0, 0.05) is 24.5 Å². The molecule has 5 aliphatic rings. The Hall–Kier alpha value is -0.940. The third kappa shape index (κ3) is 4.17. The maximum atomic E-state index is 13.1. The smallest absolute Gasteiger partial charge is 0.236 e. The van der Waals surface area contributed by atoms with Crippen LogP contribution in [0.1, 0.15) is 38.5 Å². The molecule has 0 spiro atoms. The fourth-order valence-corrected chi connectivity index (χ4v) is 9.28. The SMILES string of the molecule is NC(=O)C12CC3CC(C1)C(NC(=O)CN1CCCN(c4cc(Cl)c(Cl)cc4Cl)S1(O)O)C(C3)C2. The van der Waals surface area contributed by atoms with Crippen molar-refractivity contribution >= 4 is 63.3 Å². The van der Waals surface area contributed by atoms with E-state index in [0.717, 1.165) is 32.1 Å². The van der Waals surface area contributed by atoms with Crippen LogP contribution < -0.4 is 15.4 Å². The molecule has 34 heavy (non-hydrogen) atoms. The number of primary amides is 1. The molecule has 1 aromatic carbocycles. The molecular weight excluding hydrogens is 523 g/mol. The van der Waals surface area contributed by atoms with Crippen molar-refractivity contribution in [2.45, 2.75) is 44.6 Å². The molecule has 2 unspecified atom stereocenters. The summed E-state index contributed by atoms with van der Waals surface area (Å²) >= 11 is 18.5. The van der Waals surface area contributed by atoms with Gasteiger partial charge in [-0.05, 0) is 79.4 Å². The Morgan fingerprint density at radius 2 is 1.71 bits per heavy atom. The van der Waals surface area contributed by atoms with Crippen LogP contribution in [0.15, 0.2) is 12.1 Å². The highest BCUT2D eigenvalue weighted by molar-refractivity contribution is 8.23. The lowest BCUT2D eigenvalue weighted by Gasteiger charge is -2.59. The summed E-state index contributed by atoms with van der Waals surface area (Å²) in [5.74, 6) is 0.497. The van der Waals surface area contributed by atoms with Crippen LogP contribution in [0.5, 0.6) is 0 Å². The second-order valence-electron chi connectivity index (χ2n) is 10.2. The van der Waals surface area contributed by atoms with E-state index in [1.54, 1.807) is 0 Å². The van der Waals surface area contributed by atoms with Gasteiger partial charge in [0.1, 0.15) is 0 Å². The quantitative estimate of drug-likeness (QED) is 0.399. The van der Waals surface area contributed by atoms with Gasteiger partial charge in [-0.15, -0.1) is 0 Å². The number of halogens is 3. The minimum atomic E-state index is -3.49. The van der Waals surface area contributed by atoms with Gasteiger partial charge < -0.3 is 11.1 Å². The first-order chi connectivity index (χ1) is 16.0. The van der Waals surface area contributed by atoms with Crippen molar-refractivity contribution in [3.8, 4) is 0 Å². The van der Waals surface area contributed by atoms with E-state index in [9.17, 15) is 18.7 Å². The highest BCUT2D eigenvalue weighted by atomic mass is 35.5. The van der Waals surface area contributed by atoms with E-state index in [4.69, 9.17) is 40.5 Å². The molecule has 2 atom stereocenters. The summed E-state index contributed by atoms with van der Waals surface area (Å²) in [4.78, 5) is 25.3. The summed E-state index contributed by atoms with van der Waals surface area (Å²) in [6.07, 6.45) is 4.93. The Kier molecular flexibility index (Phi) is 6.45. The molecule has 1 saturated heterocycles. The molecule has 6 rings (SSSR count). The van der Waals surface area contributed by atoms with Crippen molar-refractivity contribution in [1.29, 1.82) is 0 Å². The van der Waals surface area contributed by atoms with E-state index >= 15 is 0 Å². The summed E-state index contributed by atoms with van der Waals surface area (Å²) in [7, 11) is -3.49. The first kappa shape index (κ1) is 24.7. The summed E-state index contributed by atoms with van der Waals surface area (Å²) in [6, 6.07) is 2.96. The lowest BCUT2D eigenvalue weighted by Crippen LogP contribution is -2.62. The molecule has 5 fully saturated rings. The Morgan fingerprint density at radius 1 is 1.06 bits per heavy atom. The maximum Gasteiger partial charge on any atom is 0.236 e. The summed E-state index contributed by atoms with van der Waals surface area (Å²) in [6.45, 7) is 0.551. The Balaban J connectivity index is 1.28. The second kappa shape index (κ2) is 8.87. The molecule has 8 nitrogen and oxygen atoms in total. The highest BCUT2D eigenvalue weighted by Crippen LogP contribution is 2.60. The fraction of sp³-hybridized carbons (Fsp3) is 0.636. The van der Waals surface area contributed by atoms with Crippen molar-refractivity contribution < 1.29 is 18.7 Å². The van der Waals surface area contributed by atoms with Crippen molar-refractivity contribution in [1.82, 2.24) is 9.62 Å². The molecule has 188 valence electrons. The average molecular weight is 552 g/mol. The van der Waals surface area contributed by atoms with Gasteiger partial charge in [0.05, 0.1) is 27.3 Å². The van der Waals surface area contributed by atoms with Crippen LogP contribution in [-0.2, 0) is 9.59 Å². The largest absolute Gasteiger partial charge is 0.369 e. The van der Waals surface area contributed by atoms with Crippen LogP contribution in [0.4, 0.5) is 5.69 Å². The van der Waals surface area contributed by atoms with Gasteiger partial charge in [0.25, 0.3) is 0 Å². The predicted molar refractivity (Wildman–Crippen MR) is 135 cm³/mol. The fourth-order valence-electron chi connectivity index (χ4n) is 6.85. The van der Waals surface area contributed by atoms with E-state index in [1.165, 1.54) is 20.7 Å². The highest BCUT2D eigenvalue weighted by Gasteiger charge is 2.58. The van der Waals surface area contributed by atoms with Crippen molar-refractivity contribution in [2.75, 3.05) is 23.9 Å². The number of hydrogen-bond acceptors (Lipinski definition) is 6. The molecule has 0 radical (unpaired) electrons. The standard InChI is InChI=1S/C22H29Cl3N4O4S/c23-15-6-17(25)18(7-16(15)24)29-3-1-2-28(34(29,32)33)11-19(30)27-20-13-4-12-5-14(20)10-22(8-12,9-13)21(26)31/h6-7,12-14,20,32-33H,1-5,8-11H2,(H2,26,31)(H,27,30). The molecule has 1 aliphatic heterocycles. The van der Waals surface area contributed by atoms with Crippen molar-refractivity contribution in [3.05, 3.63) is 27.2 Å². The Labute approximate surface area is 215 Å². The monoisotopic (exact) mass is 550 g/mol. The number of nitrogens with one attached hydrogen (secondary N) is 1. The predicted octanol–water partition coefficient (Wildman–Crippen LogP) is 4.54. The third-order valence-corrected chi connectivity index (χ3v) is 11.1. The van der Waals surface area contributed by atoms with Crippen LogP contribution in [-0.4, -0.2) is 50.9 Å². The zero-order valence-electron chi connectivity index (χ0n) is 18.6. The summed E-state index contributed by atoms with van der Waals surface area (Å²) < 4.78 is 25.0. The molecule has 5 N–H and O–H groups in total. The van der Waals surface area contributed by atoms with Gasteiger partial charge in [0.15, 0.2) is 0 Å². The number of anilines is 1. The van der Waals surface area contributed by atoms with Gasteiger partial charge in [-0.3, -0.25) is 23.0 Å². The topological polar surface area (TPSA) is 119 Å². The van der Waals surface area contributed by atoms with Crippen LogP contribution in [0, 0.1) is 23.2 Å². The number of carbonyl (C=O) groups is 2. The van der Waals surface area contributed by atoms with E-state index in [2.05, 4.69) is 5.32 Å². The third-order valence-electron chi connectivity index (χ3n) is 8.11. The summed E-state index contributed by atoms with van der Waals surface area (Å²) in [5.41, 5.74) is 5.71. The van der Waals surface area contributed by atoms with Crippen LogP contribution in [0.25, 0.3) is 0 Å². The number of benzene rings is 1. The van der Waals surface area contributed by atoms with Gasteiger partial charge in [-0.1, -0.05) is 34.8 Å². The molecule has 0 aromatic heterocycles. The van der Waals surface area contributed by atoms with Crippen LogP contribution in [0.2, 0.25) is 15.1 Å². The lowest BCUT2D eigenvalue weighted by atomic mass is 9.47. The lowest BCUT2D eigenvalue weighted by molar-refractivity contribution is -0.147. The normalized spacial score (nSPS) is 35.3. The summed E-state index contributed by atoms with van der Waals surface area (Å²) in [5, 5.41) is 3.93. The average Bonchev–Trinajstić information content (AvgIpc) is 2.74. The van der Waals surface area contributed by atoms with Gasteiger partial charge >= 0.3 is 0 Å². The maximum absolute atomic E-state index is 13.1. The first-order valence-electron chi connectivity index (χ1n) is 11.5. The van der Waals surface area contributed by atoms with E-state index < -0.39 is 16.4 Å². The zero-order valence-corrected chi connectivity index (χ0v) is 21.6. The number of nitrogens with zero attached hydrogens (tertiary/aromatic N) is 2. The number of nitrogens with two attached hydrogens (primary N) is 1. The minimum absolute atomic E-state index is 0.0104. The van der Waals surface area contributed by atoms with E-state index in [-0.39, 0.29) is 51.3 Å².